The number of hydrogen-bond donors (Lipinski definition) is 2. The summed E-state index contributed by atoms with van der Waals surface area (Å²) in [5.74, 6) is -0.230. The summed E-state index contributed by atoms with van der Waals surface area (Å²) in [6.07, 6.45) is 2.04. The second-order valence-corrected chi connectivity index (χ2v) is 7.78. The number of halogens is 2. The van der Waals surface area contributed by atoms with Gasteiger partial charge in [0.1, 0.15) is 0 Å². The second-order valence-electron chi connectivity index (χ2n) is 6.10. The molecule has 1 aliphatic heterocycles. The lowest BCUT2D eigenvalue weighted by Gasteiger charge is -2.18. The van der Waals surface area contributed by atoms with E-state index in [-0.39, 0.29) is 18.4 Å². The summed E-state index contributed by atoms with van der Waals surface area (Å²) in [7, 11) is 0. The van der Waals surface area contributed by atoms with Gasteiger partial charge in [-0.2, -0.15) is 0 Å². The molecule has 0 aromatic heterocycles. The lowest BCUT2D eigenvalue weighted by molar-refractivity contribution is -0.114. The zero-order valence-corrected chi connectivity index (χ0v) is 17.0. The van der Waals surface area contributed by atoms with Crippen LogP contribution in [-0.4, -0.2) is 36.3 Å². The van der Waals surface area contributed by atoms with Crippen LogP contribution < -0.4 is 10.6 Å². The third-order valence-electron chi connectivity index (χ3n) is 4.15. The van der Waals surface area contributed by atoms with Gasteiger partial charge in [0.2, 0.25) is 5.91 Å². The zero-order valence-electron chi connectivity index (χ0n) is 14.1. The highest BCUT2D eigenvalue weighted by Gasteiger charge is 2.22. The number of rotatable bonds is 5. The molecule has 1 heterocycles. The molecular formula is C19H19ClIN3O2. The third kappa shape index (κ3) is 4.88. The molecule has 0 unspecified atom stereocenters. The molecule has 1 saturated heterocycles. The number of carbonyl (C=O) groups is 2. The highest BCUT2D eigenvalue weighted by molar-refractivity contribution is 14.1. The standard InChI is InChI=1S/C19H19ClIN3O2/c20-13-6-7-17(16(10-13)19(26)24-8-1-2-9-24)22-12-18(25)23-15-5-3-4-14(21)11-15/h3-7,10-11,22H,1-2,8-9,12H2,(H,23,25). The number of likely N-dealkylation sites (tertiary alicyclic amines) is 1. The molecule has 5 nitrogen and oxygen atoms in total. The van der Waals surface area contributed by atoms with Crippen LogP contribution in [0.4, 0.5) is 11.4 Å². The molecule has 0 atom stereocenters. The van der Waals surface area contributed by atoms with Gasteiger partial charge in [-0.3, -0.25) is 9.59 Å². The Hall–Kier alpha value is -1.80. The Kier molecular flexibility index (Phi) is 6.37. The van der Waals surface area contributed by atoms with Gasteiger partial charge in [-0.1, -0.05) is 17.7 Å². The second kappa shape index (κ2) is 8.73. The maximum absolute atomic E-state index is 12.7. The molecule has 2 aromatic carbocycles. The van der Waals surface area contributed by atoms with Gasteiger partial charge in [-0.15, -0.1) is 0 Å². The summed E-state index contributed by atoms with van der Waals surface area (Å²) in [6, 6.07) is 12.7. The maximum Gasteiger partial charge on any atom is 0.256 e. The SMILES string of the molecule is O=C(CNc1ccc(Cl)cc1C(=O)N1CCCC1)Nc1cccc(I)c1. The van der Waals surface area contributed by atoms with Gasteiger partial charge < -0.3 is 15.5 Å². The topological polar surface area (TPSA) is 61.4 Å². The Balaban J connectivity index is 1.67. The molecule has 0 spiro atoms. The summed E-state index contributed by atoms with van der Waals surface area (Å²) >= 11 is 8.27. The summed E-state index contributed by atoms with van der Waals surface area (Å²) in [5, 5.41) is 6.40. The van der Waals surface area contributed by atoms with E-state index in [4.69, 9.17) is 11.6 Å². The molecule has 1 fully saturated rings. The number of amides is 2. The molecule has 136 valence electrons. The predicted octanol–water partition coefficient (Wildman–Crippen LogP) is 4.23. The summed E-state index contributed by atoms with van der Waals surface area (Å²) < 4.78 is 1.05. The van der Waals surface area contributed by atoms with E-state index < -0.39 is 0 Å². The molecule has 3 rings (SSSR count). The molecule has 2 aromatic rings. The molecule has 0 aliphatic carbocycles. The molecule has 0 radical (unpaired) electrons. The van der Waals surface area contributed by atoms with Crippen LogP contribution in [0, 0.1) is 3.57 Å². The predicted molar refractivity (Wildman–Crippen MR) is 113 cm³/mol. The molecule has 0 bridgehead atoms. The highest BCUT2D eigenvalue weighted by atomic mass is 127. The summed E-state index contributed by atoms with van der Waals surface area (Å²) in [4.78, 5) is 26.7. The largest absolute Gasteiger partial charge is 0.375 e. The minimum absolute atomic E-state index is 0.0504. The molecule has 0 saturated carbocycles. The lowest BCUT2D eigenvalue weighted by atomic mass is 10.1. The number of carbonyl (C=O) groups excluding carboxylic acids is 2. The smallest absolute Gasteiger partial charge is 0.256 e. The fraction of sp³-hybridized carbons (Fsp3) is 0.263. The van der Waals surface area contributed by atoms with Crippen molar-refractivity contribution in [1.29, 1.82) is 0 Å². The zero-order chi connectivity index (χ0) is 18.5. The Bertz CT molecular complexity index is 822. The number of nitrogens with zero attached hydrogens (tertiary/aromatic N) is 1. The number of anilines is 2. The van der Waals surface area contributed by atoms with Gasteiger partial charge in [-0.05, 0) is 71.8 Å². The van der Waals surface area contributed by atoms with Gasteiger partial charge in [0.15, 0.2) is 0 Å². The Morgan fingerprint density at radius 3 is 2.62 bits per heavy atom. The minimum Gasteiger partial charge on any atom is -0.375 e. The third-order valence-corrected chi connectivity index (χ3v) is 5.06. The fourth-order valence-electron chi connectivity index (χ4n) is 2.89. The Labute approximate surface area is 171 Å². The molecule has 2 N–H and O–H groups in total. The minimum atomic E-state index is -0.179. The number of benzene rings is 2. The Morgan fingerprint density at radius 2 is 1.88 bits per heavy atom. The molecule has 1 aliphatic rings. The van der Waals surface area contributed by atoms with Crippen LogP contribution in [0.2, 0.25) is 5.02 Å². The lowest BCUT2D eigenvalue weighted by Crippen LogP contribution is -2.29. The first-order valence-corrected chi connectivity index (χ1v) is 9.87. The van der Waals surface area contributed by atoms with Crippen molar-refractivity contribution in [3.63, 3.8) is 0 Å². The molecule has 2 amide bonds. The van der Waals surface area contributed by atoms with Crippen LogP contribution >= 0.6 is 34.2 Å². The average molecular weight is 484 g/mol. The van der Waals surface area contributed by atoms with E-state index in [0.29, 0.717) is 16.3 Å². The van der Waals surface area contributed by atoms with Crippen molar-refractivity contribution in [3.05, 3.63) is 56.6 Å². The first-order valence-electron chi connectivity index (χ1n) is 8.41. The summed E-state index contributed by atoms with van der Waals surface area (Å²) in [6.45, 7) is 1.59. The fourth-order valence-corrected chi connectivity index (χ4v) is 3.60. The molecule has 7 heteroatoms. The van der Waals surface area contributed by atoms with Crippen LogP contribution in [0.15, 0.2) is 42.5 Å². The monoisotopic (exact) mass is 483 g/mol. The first-order chi connectivity index (χ1) is 12.5. The van der Waals surface area contributed by atoms with Crippen LogP contribution in [0.5, 0.6) is 0 Å². The van der Waals surface area contributed by atoms with Crippen LogP contribution in [0.1, 0.15) is 23.2 Å². The molecule has 26 heavy (non-hydrogen) atoms. The quantitative estimate of drug-likeness (QED) is 0.626. The number of hydrogen-bond acceptors (Lipinski definition) is 3. The van der Waals surface area contributed by atoms with E-state index in [2.05, 4.69) is 33.2 Å². The van der Waals surface area contributed by atoms with Gasteiger partial charge in [-0.25, -0.2) is 0 Å². The van der Waals surface area contributed by atoms with Crippen molar-refractivity contribution in [2.24, 2.45) is 0 Å². The van der Waals surface area contributed by atoms with Gasteiger partial charge >= 0.3 is 0 Å². The van der Waals surface area contributed by atoms with Gasteiger partial charge in [0.05, 0.1) is 12.1 Å². The first kappa shape index (κ1) is 19.0. The molecular weight excluding hydrogens is 465 g/mol. The van der Waals surface area contributed by atoms with E-state index in [9.17, 15) is 9.59 Å². The van der Waals surface area contributed by atoms with Crippen molar-refractivity contribution in [3.8, 4) is 0 Å². The van der Waals surface area contributed by atoms with Crippen LogP contribution in [0.25, 0.3) is 0 Å². The van der Waals surface area contributed by atoms with E-state index in [1.807, 2.05) is 29.2 Å². The van der Waals surface area contributed by atoms with E-state index in [0.717, 1.165) is 35.2 Å². The average Bonchev–Trinajstić information content (AvgIpc) is 3.14. The Morgan fingerprint density at radius 1 is 1.12 bits per heavy atom. The van der Waals surface area contributed by atoms with Crippen molar-refractivity contribution in [1.82, 2.24) is 4.90 Å². The van der Waals surface area contributed by atoms with Crippen molar-refractivity contribution < 1.29 is 9.59 Å². The van der Waals surface area contributed by atoms with Gasteiger partial charge in [0, 0.05) is 33.1 Å². The van der Waals surface area contributed by atoms with Crippen molar-refractivity contribution >= 4 is 57.4 Å². The normalized spacial score (nSPS) is 13.5. The van der Waals surface area contributed by atoms with Crippen LogP contribution in [0.3, 0.4) is 0 Å². The van der Waals surface area contributed by atoms with E-state index in [1.54, 1.807) is 18.2 Å². The highest BCUT2D eigenvalue weighted by Crippen LogP contribution is 2.24. The summed E-state index contributed by atoms with van der Waals surface area (Å²) in [5.41, 5.74) is 1.86. The van der Waals surface area contributed by atoms with Crippen LogP contribution in [-0.2, 0) is 4.79 Å². The van der Waals surface area contributed by atoms with Crippen molar-refractivity contribution in [2.45, 2.75) is 12.8 Å². The van der Waals surface area contributed by atoms with E-state index in [1.165, 1.54) is 0 Å². The number of nitrogens with one attached hydrogen (secondary N) is 2. The van der Waals surface area contributed by atoms with Crippen molar-refractivity contribution in [2.75, 3.05) is 30.3 Å². The van der Waals surface area contributed by atoms with Gasteiger partial charge in [0.25, 0.3) is 5.91 Å². The maximum atomic E-state index is 12.7. The van der Waals surface area contributed by atoms with E-state index >= 15 is 0 Å².